The van der Waals surface area contributed by atoms with Crippen LogP contribution in [0.2, 0.25) is 0 Å². The van der Waals surface area contributed by atoms with E-state index in [2.05, 4.69) is 0 Å². The van der Waals surface area contributed by atoms with Gasteiger partial charge in [-0.2, -0.15) is 0 Å². The van der Waals surface area contributed by atoms with Crippen LogP contribution in [-0.2, 0) is 33.2 Å². The molecule has 0 aromatic heterocycles. The number of aliphatic hydroxyl groups is 6. The molecule has 3 aliphatic heterocycles. The second-order valence-electron chi connectivity index (χ2n) is 11.1. The van der Waals surface area contributed by atoms with E-state index in [1.807, 2.05) is 0 Å². The van der Waals surface area contributed by atoms with Gasteiger partial charge in [-0.05, 0) is 6.42 Å². The van der Waals surface area contributed by atoms with Crippen molar-refractivity contribution in [2.75, 3.05) is 19.7 Å². The molecule has 0 bridgehead atoms. The Hall–Kier alpha value is -1.05. The van der Waals surface area contributed by atoms with Crippen molar-refractivity contribution in [1.82, 2.24) is 0 Å². The molecule has 0 spiro atoms. The van der Waals surface area contributed by atoms with Gasteiger partial charge in [0.05, 0.1) is 24.7 Å². The van der Waals surface area contributed by atoms with E-state index in [-0.39, 0.29) is 19.5 Å². The molecule has 0 aromatic rings. The number of carbonyl (C=O) groups is 1. The second-order valence-corrected chi connectivity index (χ2v) is 11.1. The Labute approximate surface area is 240 Å². The predicted molar refractivity (Wildman–Crippen MR) is 137 cm³/mol. The minimum atomic E-state index is -1.65. The van der Waals surface area contributed by atoms with Crippen LogP contribution in [-0.4, -0.2) is 166 Å². The van der Waals surface area contributed by atoms with Crippen molar-refractivity contribution in [3.8, 4) is 0 Å². The van der Waals surface area contributed by atoms with Gasteiger partial charge in [0.15, 0.2) is 24.7 Å². The second kappa shape index (κ2) is 13.9. The van der Waals surface area contributed by atoms with E-state index in [0.717, 1.165) is 0 Å². The average molecular weight is 613 g/mol. The first kappa shape index (κ1) is 33.8. The molecular formula is C23H44N6O13. The molecular weight excluding hydrogens is 568 g/mol. The van der Waals surface area contributed by atoms with Crippen molar-refractivity contribution in [3.63, 3.8) is 0 Å². The van der Waals surface area contributed by atoms with Gasteiger partial charge in [-0.15, -0.1) is 0 Å². The van der Waals surface area contributed by atoms with Crippen LogP contribution in [0.25, 0.3) is 0 Å². The summed E-state index contributed by atoms with van der Waals surface area (Å²) in [6.07, 6.45) is -19.1. The summed E-state index contributed by atoms with van der Waals surface area (Å²) in [5.41, 5.74) is 35.4. The van der Waals surface area contributed by atoms with Crippen molar-refractivity contribution in [2.24, 2.45) is 34.4 Å². The van der Waals surface area contributed by atoms with Crippen LogP contribution in [0.5, 0.6) is 0 Å². The molecule has 42 heavy (non-hydrogen) atoms. The lowest BCUT2D eigenvalue weighted by atomic mass is 9.85. The van der Waals surface area contributed by atoms with Crippen molar-refractivity contribution < 1.29 is 63.9 Å². The zero-order chi connectivity index (χ0) is 31.0. The standard InChI is InChI=1S/C23H44N6O13/c24-2-7-13(32)15(34)10(28)21(37-7)40-18-6(27)1-5(26)12(31)20(18)42-23-17(36)19(9(4-30)39-23)41-22-11(29)16(35)14(33)8(3-25)38-22/h5-11,13-23,30,32-36H,1-4,24-29H2/t5-,6+,7-,8+,9-,10-,11-,13-,14-,15-,16-,17-,18-,19-,20-,21-,22-,23+/m1/s1. The molecule has 0 amide bonds. The van der Waals surface area contributed by atoms with Gasteiger partial charge < -0.3 is 93.5 Å². The lowest BCUT2D eigenvalue weighted by Crippen LogP contribution is -2.67. The van der Waals surface area contributed by atoms with Crippen LogP contribution >= 0.6 is 0 Å². The van der Waals surface area contributed by atoms with E-state index >= 15 is 0 Å². The summed E-state index contributed by atoms with van der Waals surface area (Å²) in [6, 6.07) is -4.48. The van der Waals surface area contributed by atoms with Crippen molar-refractivity contribution in [3.05, 3.63) is 0 Å². The van der Waals surface area contributed by atoms with Gasteiger partial charge >= 0.3 is 0 Å². The fourth-order valence-corrected chi connectivity index (χ4v) is 5.58. The molecule has 0 aromatic carbocycles. The quantitative estimate of drug-likeness (QED) is 0.115. The van der Waals surface area contributed by atoms with Gasteiger partial charge in [0, 0.05) is 19.1 Å². The van der Waals surface area contributed by atoms with Crippen LogP contribution < -0.4 is 34.4 Å². The van der Waals surface area contributed by atoms with E-state index in [0.29, 0.717) is 0 Å². The van der Waals surface area contributed by atoms with E-state index < -0.39 is 123 Å². The lowest BCUT2D eigenvalue weighted by molar-refractivity contribution is -0.293. The highest BCUT2D eigenvalue weighted by Crippen LogP contribution is 2.33. The van der Waals surface area contributed by atoms with Crippen LogP contribution in [0.4, 0.5) is 0 Å². The highest BCUT2D eigenvalue weighted by Gasteiger charge is 2.54. The Balaban J connectivity index is 1.50. The third kappa shape index (κ3) is 6.49. The molecule has 244 valence electrons. The number of nitrogens with two attached hydrogens (primary N) is 6. The van der Waals surface area contributed by atoms with E-state index in [4.69, 9.17) is 62.8 Å². The third-order valence-corrected chi connectivity index (χ3v) is 8.19. The molecule has 0 radical (unpaired) electrons. The molecule has 4 rings (SSSR count). The van der Waals surface area contributed by atoms with E-state index in [9.17, 15) is 35.4 Å². The minimum absolute atomic E-state index is 0.0106. The number of ketones is 1. The van der Waals surface area contributed by atoms with Gasteiger partial charge in [-0.1, -0.05) is 0 Å². The maximum atomic E-state index is 13.2. The zero-order valence-corrected chi connectivity index (χ0v) is 22.7. The van der Waals surface area contributed by atoms with Gasteiger partial charge in [-0.25, -0.2) is 0 Å². The summed E-state index contributed by atoms with van der Waals surface area (Å²) >= 11 is 0. The van der Waals surface area contributed by atoms with Gasteiger partial charge in [0.1, 0.15) is 67.1 Å². The van der Waals surface area contributed by atoms with Gasteiger partial charge in [0.25, 0.3) is 0 Å². The van der Waals surface area contributed by atoms with Crippen LogP contribution in [0, 0.1) is 0 Å². The Kier molecular flexibility index (Phi) is 11.2. The van der Waals surface area contributed by atoms with E-state index in [1.165, 1.54) is 0 Å². The Morgan fingerprint density at radius 2 is 1.14 bits per heavy atom. The smallest absolute Gasteiger partial charge is 0.187 e. The Bertz CT molecular complexity index is 909. The molecule has 4 aliphatic rings. The zero-order valence-electron chi connectivity index (χ0n) is 22.7. The number of hydrogen-bond acceptors (Lipinski definition) is 19. The summed E-state index contributed by atoms with van der Waals surface area (Å²) in [7, 11) is 0. The highest BCUT2D eigenvalue weighted by atomic mass is 16.8. The number of hydrogen-bond donors (Lipinski definition) is 12. The summed E-state index contributed by atoms with van der Waals surface area (Å²) in [5.74, 6) is -0.650. The number of carbonyl (C=O) groups excluding carboxylic acids is 1. The molecule has 4 fully saturated rings. The Morgan fingerprint density at radius 3 is 1.62 bits per heavy atom. The van der Waals surface area contributed by atoms with Crippen molar-refractivity contribution in [1.29, 1.82) is 0 Å². The molecule has 1 aliphatic carbocycles. The molecule has 1 saturated carbocycles. The number of Topliss-reactive ketones (excluding diaryl/α,β-unsaturated/α-hetero) is 1. The van der Waals surface area contributed by atoms with Crippen molar-refractivity contribution in [2.45, 2.75) is 117 Å². The van der Waals surface area contributed by atoms with Gasteiger partial charge in [-0.3, -0.25) is 4.79 Å². The SMILES string of the molecule is NC[C@@H]1O[C@H](O[C@H]2[C@@H](O)[C@H](O[C@@H]3C(=O)[C@H](N)C[C@H](N)[C@H]3O[C@H]3O[C@H](CN)[C@@H](O)[C@H](O)[C@H]3N)O[C@@H]2CO)[C@H](N)[C@@H](O)[C@@H]1O. The fourth-order valence-electron chi connectivity index (χ4n) is 5.58. The van der Waals surface area contributed by atoms with Crippen molar-refractivity contribution >= 4 is 5.78 Å². The summed E-state index contributed by atoms with van der Waals surface area (Å²) in [4.78, 5) is 13.2. The third-order valence-electron chi connectivity index (χ3n) is 8.19. The topological polar surface area (TPSA) is 350 Å². The molecule has 19 nitrogen and oxygen atoms in total. The largest absolute Gasteiger partial charge is 0.394 e. The first-order chi connectivity index (χ1) is 19.8. The Morgan fingerprint density at radius 1 is 0.667 bits per heavy atom. The summed E-state index contributed by atoms with van der Waals surface area (Å²) < 4.78 is 34.4. The summed E-state index contributed by atoms with van der Waals surface area (Å²) in [6.45, 7) is -1.02. The monoisotopic (exact) mass is 612 g/mol. The van der Waals surface area contributed by atoms with Gasteiger partial charge in [0.2, 0.25) is 0 Å². The fraction of sp³-hybridized carbons (Fsp3) is 0.957. The molecule has 19 heteroatoms. The molecule has 3 saturated heterocycles. The molecule has 3 heterocycles. The highest BCUT2D eigenvalue weighted by molar-refractivity contribution is 5.89. The molecule has 0 unspecified atom stereocenters. The van der Waals surface area contributed by atoms with Crippen LogP contribution in [0.15, 0.2) is 0 Å². The maximum Gasteiger partial charge on any atom is 0.187 e. The van der Waals surface area contributed by atoms with Crippen LogP contribution in [0.3, 0.4) is 0 Å². The number of rotatable bonds is 9. The predicted octanol–water partition coefficient (Wildman–Crippen LogP) is -8.69. The minimum Gasteiger partial charge on any atom is -0.394 e. The number of aliphatic hydroxyl groups excluding tert-OH is 6. The summed E-state index contributed by atoms with van der Waals surface area (Å²) in [5, 5.41) is 61.9. The number of ether oxygens (including phenoxy) is 6. The molecule has 18 atom stereocenters. The maximum absolute atomic E-state index is 13.2. The van der Waals surface area contributed by atoms with Crippen LogP contribution in [0.1, 0.15) is 6.42 Å². The van der Waals surface area contributed by atoms with E-state index in [1.54, 1.807) is 0 Å². The molecule has 18 N–H and O–H groups in total. The first-order valence-corrected chi connectivity index (χ1v) is 13.7. The lowest BCUT2D eigenvalue weighted by Gasteiger charge is -2.45. The average Bonchev–Trinajstić information content (AvgIpc) is 3.27. The normalized spacial score (nSPS) is 52.0. The first-order valence-electron chi connectivity index (χ1n) is 13.7.